The zero-order chi connectivity index (χ0) is 22.4. The molecule has 0 saturated heterocycles. The topological polar surface area (TPSA) is 116 Å². The molecular formula is C25H17N6O2+. The Morgan fingerprint density at radius 1 is 0.970 bits per heavy atom. The Kier molecular flexibility index (Phi) is 4.31. The van der Waals surface area contributed by atoms with Gasteiger partial charge in [0.1, 0.15) is 5.69 Å². The molecule has 4 aromatic carbocycles. The molecule has 5 aromatic rings. The molecule has 8 nitrogen and oxygen atoms in total. The first-order valence-corrected chi connectivity index (χ1v) is 10.4. The number of nitroso groups, excluding NO2 is 1. The van der Waals surface area contributed by atoms with Crippen LogP contribution in [0.2, 0.25) is 0 Å². The summed E-state index contributed by atoms with van der Waals surface area (Å²) in [6.45, 7) is 0. The predicted octanol–water partition coefficient (Wildman–Crippen LogP) is 4.33. The third-order valence-electron chi connectivity index (χ3n) is 5.73. The maximum atomic E-state index is 12.7. The molecule has 4 N–H and O–H groups in total. The number of carbonyl (C=O) groups excluding carboxylic acids is 1. The predicted molar refractivity (Wildman–Crippen MR) is 127 cm³/mol. The second-order valence-corrected chi connectivity index (χ2v) is 7.77. The van der Waals surface area contributed by atoms with Crippen molar-refractivity contribution in [2.45, 2.75) is 0 Å². The molecule has 1 aliphatic rings. The number of H-pyrrole nitrogens is 1. The van der Waals surface area contributed by atoms with Crippen LogP contribution in [-0.4, -0.2) is 21.6 Å². The van der Waals surface area contributed by atoms with Gasteiger partial charge in [-0.15, -0.1) is 4.91 Å². The minimum atomic E-state index is -0.248. The van der Waals surface area contributed by atoms with E-state index in [9.17, 15) is 9.70 Å². The van der Waals surface area contributed by atoms with E-state index in [-0.39, 0.29) is 5.91 Å². The number of nitrogens with zero attached hydrogens (tertiary/aromatic N) is 3. The number of aromatic nitrogens is 2. The van der Waals surface area contributed by atoms with E-state index in [1.54, 1.807) is 41.8 Å². The number of carbonyl (C=O) groups is 1. The van der Waals surface area contributed by atoms with Gasteiger partial charge in [-0.1, -0.05) is 35.4 Å². The number of fused-ring (bicyclic) bond motifs is 4. The Hall–Kier alpha value is -4.69. The van der Waals surface area contributed by atoms with Crippen LogP contribution in [0.5, 0.6) is 0 Å². The minimum absolute atomic E-state index is 0.248. The smallest absolute Gasteiger partial charge is 0.255 e. The maximum absolute atomic E-state index is 12.7. The zero-order valence-electron chi connectivity index (χ0n) is 17.2. The molecule has 0 unspecified atom stereocenters. The Morgan fingerprint density at radius 2 is 1.82 bits per heavy atom. The molecule has 158 valence electrons. The molecule has 2 heterocycles. The summed E-state index contributed by atoms with van der Waals surface area (Å²) in [5.41, 5.74) is 7.52. The summed E-state index contributed by atoms with van der Waals surface area (Å²) >= 11 is 0. The SMILES string of the molecule is O=Nc1ccc(NC(=O)c2ccc3c(c2)[NH2+]N=C3c2nc3c(ccc4ccccc43)[nH]2)cc1. The number of anilines is 1. The van der Waals surface area contributed by atoms with E-state index in [2.05, 4.69) is 38.8 Å². The summed E-state index contributed by atoms with van der Waals surface area (Å²) in [4.78, 5) is 31.5. The van der Waals surface area contributed by atoms with E-state index >= 15 is 0 Å². The van der Waals surface area contributed by atoms with Crippen LogP contribution in [0.1, 0.15) is 21.7 Å². The molecular weight excluding hydrogens is 416 g/mol. The van der Waals surface area contributed by atoms with Gasteiger partial charge in [0.05, 0.1) is 16.6 Å². The normalized spacial score (nSPS) is 12.5. The van der Waals surface area contributed by atoms with Crippen molar-refractivity contribution in [3.8, 4) is 0 Å². The highest BCUT2D eigenvalue weighted by Crippen LogP contribution is 2.26. The number of hydrogen-bond acceptors (Lipinski definition) is 5. The second kappa shape index (κ2) is 7.47. The number of benzene rings is 4. The average Bonchev–Trinajstić information content (AvgIpc) is 3.48. The molecule has 0 aliphatic carbocycles. The molecule has 0 atom stereocenters. The van der Waals surface area contributed by atoms with Crippen molar-refractivity contribution >= 4 is 50.5 Å². The molecule has 0 bridgehead atoms. The minimum Gasteiger partial charge on any atom is -0.336 e. The van der Waals surface area contributed by atoms with Crippen molar-refractivity contribution in [3.63, 3.8) is 0 Å². The van der Waals surface area contributed by atoms with Crippen molar-refractivity contribution in [1.29, 1.82) is 0 Å². The molecule has 1 aromatic heterocycles. The van der Waals surface area contributed by atoms with Crippen molar-refractivity contribution in [3.05, 3.63) is 101 Å². The van der Waals surface area contributed by atoms with E-state index in [1.165, 1.54) is 0 Å². The summed E-state index contributed by atoms with van der Waals surface area (Å²) in [5.74, 6) is 0.444. The number of rotatable bonds is 4. The van der Waals surface area contributed by atoms with Crippen LogP contribution in [0, 0.1) is 4.91 Å². The van der Waals surface area contributed by atoms with E-state index in [0.29, 0.717) is 22.8 Å². The highest BCUT2D eigenvalue weighted by molar-refractivity contribution is 6.17. The van der Waals surface area contributed by atoms with Crippen molar-refractivity contribution in [1.82, 2.24) is 9.97 Å². The largest absolute Gasteiger partial charge is 0.336 e. The van der Waals surface area contributed by atoms with Gasteiger partial charge in [0.2, 0.25) is 0 Å². The lowest BCUT2D eigenvalue weighted by atomic mass is 10.0. The van der Waals surface area contributed by atoms with Gasteiger partial charge >= 0.3 is 0 Å². The molecule has 33 heavy (non-hydrogen) atoms. The van der Waals surface area contributed by atoms with Crippen LogP contribution in [-0.2, 0) is 0 Å². The second-order valence-electron chi connectivity index (χ2n) is 7.77. The van der Waals surface area contributed by atoms with Crippen molar-refractivity contribution in [2.75, 3.05) is 5.32 Å². The fourth-order valence-electron chi connectivity index (χ4n) is 4.08. The Labute approximate surface area is 187 Å². The highest BCUT2D eigenvalue weighted by Gasteiger charge is 2.26. The van der Waals surface area contributed by atoms with E-state index < -0.39 is 0 Å². The molecule has 8 heteroatoms. The number of quaternary nitrogens is 1. The van der Waals surface area contributed by atoms with Crippen LogP contribution < -0.4 is 10.7 Å². The van der Waals surface area contributed by atoms with Crippen LogP contribution >= 0.6 is 0 Å². The van der Waals surface area contributed by atoms with E-state index in [0.717, 1.165) is 38.8 Å². The van der Waals surface area contributed by atoms with Crippen molar-refractivity contribution in [2.24, 2.45) is 10.3 Å². The van der Waals surface area contributed by atoms with Gasteiger partial charge in [-0.2, -0.15) is 5.43 Å². The molecule has 1 aliphatic heterocycles. The first kappa shape index (κ1) is 19.0. The number of hydrogen-bond donors (Lipinski definition) is 3. The summed E-state index contributed by atoms with van der Waals surface area (Å²) in [7, 11) is 0. The fraction of sp³-hybridized carbons (Fsp3) is 0. The number of amides is 1. The zero-order valence-corrected chi connectivity index (χ0v) is 17.2. The summed E-state index contributed by atoms with van der Waals surface area (Å²) in [6.07, 6.45) is 0. The number of nitrogens with two attached hydrogens (primary N) is 1. The first-order chi connectivity index (χ1) is 16.2. The standard InChI is InChI=1S/C25H16N6O2/c32-25(26-16-7-9-17(31-33)10-8-16)15-5-11-19-21(13-15)29-30-23(19)24-27-20-12-6-14-3-1-2-4-18(14)22(20)28-24/h1-13H,(H,26,32)(H,27,28)(H,29,30)/p+1. The van der Waals surface area contributed by atoms with Gasteiger partial charge in [-0.25, -0.2) is 4.98 Å². The Balaban J connectivity index is 1.29. The molecule has 6 rings (SSSR count). The van der Waals surface area contributed by atoms with Gasteiger partial charge in [-0.05, 0) is 53.0 Å². The lowest BCUT2D eigenvalue weighted by molar-refractivity contribution is -0.573. The molecule has 0 radical (unpaired) electrons. The Morgan fingerprint density at radius 3 is 2.67 bits per heavy atom. The lowest BCUT2D eigenvalue weighted by Gasteiger charge is -2.06. The van der Waals surface area contributed by atoms with E-state index in [4.69, 9.17) is 4.98 Å². The van der Waals surface area contributed by atoms with Gasteiger partial charge in [0.25, 0.3) is 5.91 Å². The quantitative estimate of drug-likeness (QED) is 0.223. The van der Waals surface area contributed by atoms with Gasteiger partial charge < -0.3 is 10.3 Å². The number of imidazole rings is 1. The Bertz CT molecular complexity index is 1600. The monoisotopic (exact) mass is 433 g/mol. The van der Waals surface area contributed by atoms with Crippen LogP contribution in [0.25, 0.3) is 21.8 Å². The third-order valence-corrected chi connectivity index (χ3v) is 5.73. The lowest BCUT2D eigenvalue weighted by Crippen LogP contribution is -2.69. The number of aromatic amines is 1. The van der Waals surface area contributed by atoms with E-state index in [1.807, 2.05) is 24.3 Å². The average molecular weight is 433 g/mol. The van der Waals surface area contributed by atoms with Crippen molar-refractivity contribution < 1.29 is 10.2 Å². The maximum Gasteiger partial charge on any atom is 0.255 e. The highest BCUT2D eigenvalue weighted by atomic mass is 16.3. The third kappa shape index (κ3) is 3.26. The fourth-order valence-corrected chi connectivity index (χ4v) is 4.08. The molecule has 0 saturated carbocycles. The summed E-state index contributed by atoms with van der Waals surface area (Å²) in [5, 5.41) is 12.5. The van der Waals surface area contributed by atoms with Crippen LogP contribution in [0.15, 0.2) is 89.1 Å². The summed E-state index contributed by atoms with van der Waals surface area (Å²) < 4.78 is 0. The van der Waals surface area contributed by atoms with Gasteiger partial charge in [0, 0.05) is 22.7 Å². The van der Waals surface area contributed by atoms with Gasteiger partial charge in [0.15, 0.2) is 17.2 Å². The molecule has 1 amide bonds. The molecule has 0 fully saturated rings. The summed E-state index contributed by atoms with van der Waals surface area (Å²) in [6, 6.07) is 24.1. The number of nitrogens with one attached hydrogen (secondary N) is 2. The van der Waals surface area contributed by atoms with Crippen LogP contribution in [0.3, 0.4) is 0 Å². The van der Waals surface area contributed by atoms with Gasteiger partial charge in [-0.3, -0.25) is 4.79 Å². The first-order valence-electron chi connectivity index (χ1n) is 10.4. The van der Waals surface area contributed by atoms with Crippen LogP contribution in [0.4, 0.5) is 17.1 Å². The molecule has 0 spiro atoms.